The van der Waals surface area contributed by atoms with Crippen molar-refractivity contribution >= 4 is 22.0 Å². The number of nitrogens with zero attached hydrogens (tertiary/aromatic N) is 1. The molecule has 2 heteroatoms. The van der Waals surface area contributed by atoms with E-state index in [0.29, 0.717) is 11.5 Å². The Morgan fingerprint density at radius 1 is 1.43 bits per heavy atom. The summed E-state index contributed by atoms with van der Waals surface area (Å²) in [5, 5.41) is 8.88. The van der Waals surface area contributed by atoms with E-state index in [-0.39, 0.29) is 0 Å². The summed E-state index contributed by atoms with van der Waals surface area (Å²) >= 11 is 3.39. The molecule has 0 saturated heterocycles. The van der Waals surface area contributed by atoms with Crippen molar-refractivity contribution in [2.24, 2.45) is 5.92 Å². The lowest BCUT2D eigenvalue weighted by Gasteiger charge is -1.99. The number of hydrogen-bond acceptors (Lipinski definition) is 1. The first-order valence-corrected chi connectivity index (χ1v) is 5.30. The van der Waals surface area contributed by atoms with E-state index in [1.807, 2.05) is 24.3 Å². The molecule has 0 aliphatic rings. The second-order valence-corrected chi connectivity index (χ2v) is 4.36. The van der Waals surface area contributed by atoms with Gasteiger partial charge in [-0.05, 0) is 29.7 Å². The monoisotopic (exact) mass is 249 g/mol. The van der Waals surface area contributed by atoms with E-state index in [1.54, 1.807) is 0 Å². The highest BCUT2D eigenvalue weighted by molar-refractivity contribution is 9.10. The number of benzene rings is 1. The zero-order valence-electron chi connectivity index (χ0n) is 8.29. The highest BCUT2D eigenvalue weighted by atomic mass is 79.9. The van der Waals surface area contributed by atoms with Gasteiger partial charge < -0.3 is 0 Å². The summed E-state index contributed by atoms with van der Waals surface area (Å²) in [5.41, 5.74) is 1.68. The third-order valence-electron chi connectivity index (χ3n) is 1.79. The van der Waals surface area contributed by atoms with Crippen LogP contribution < -0.4 is 0 Å². The van der Waals surface area contributed by atoms with Crippen molar-refractivity contribution in [1.82, 2.24) is 0 Å². The van der Waals surface area contributed by atoms with Crippen LogP contribution in [0.25, 0.3) is 6.08 Å². The van der Waals surface area contributed by atoms with Crippen LogP contribution in [-0.2, 0) is 0 Å². The van der Waals surface area contributed by atoms with Crippen molar-refractivity contribution in [3.8, 4) is 6.07 Å². The van der Waals surface area contributed by atoms with Gasteiger partial charge in [0.1, 0.15) is 0 Å². The molecule has 0 aliphatic carbocycles. The van der Waals surface area contributed by atoms with E-state index in [9.17, 15) is 0 Å². The lowest BCUT2D eigenvalue weighted by atomic mass is 10.1. The van der Waals surface area contributed by atoms with Crippen LogP contribution in [0.2, 0.25) is 0 Å². The largest absolute Gasteiger partial charge is 0.192 e. The maximum absolute atomic E-state index is 8.88. The van der Waals surface area contributed by atoms with Gasteiger partial charge in [-0.2, -0.15) is 5.26 Å². The maximum atomic E-state index is 8.88. The number of hydrogen-bond donors (Lipinski definition) is 0. The fourth-order valence-corrected chi connectivity index (χ4v) is 1.45. The van der Waals surface area contributed by atoms with Gasteiger partial charge in [0.25, 0.3) is 0 Å². The molecule has 14 heavy (non-hydrogen) atoms. The molecule has 0 fully saturated rings. The predicted octanol–water partition coefficient (Wildman–Crippen LogP) is 3.99. The van der Waals surface area contributed by atoms with Crippen LogP contribution in [0.5, 0.6) is 0 Å². The third-order valence-corrected chi connectivity index (χ3v) is 2.29. The van der Waals surface area contributed by atoms with Gasteiger partial charge in [-0.15, -0.1) is 0 Å². The van der Waals surface area contributed by atoms with Gasteiger partial charge in [-0.3, -0.25) is 0 Å². The zero-order chi connectivity index (χ0) is 10.6. The molecule has 0 heterocycles. The van der Waals surface area contributed by atoms with Crippen molar-refractivity contribution in [2.75, 3.05) is 0 Å². The molecule has 72 valence electrons. The van der Waals surface area contributed by atoms with Crippen LogP contribution in [-0.4, -0.2) is 0 Å². The fraction of sp³-hybridized carbons (Fsp3) is 0.250. The molecule has 0 amide bonds. The summed E-state index contributed by atoms with van der Waals surface area (Å²) in [4.78, 5) is 0. The lowest BCUT2D eigenvalue weighted by molar-refractivity contribution is 0.836. The molecule has 1 rings (SSSR count). The van der Waals surface area contributed by atoms with Crippen LogP contribution in [0.1, 0.15) is 25.0 Å². The van der Waals surface area contributed by atoms with E-state index < -0.39 is 0 Å². The molecule has 0 spiro atoms. The number of halogens is 1. The molecule has 0 radical (unpaired) electrons. The molecule has 0 N–H and O–H groups in total. The normalized spacial score (nSPS) is 10.8. The topological polar surface area (TPSA) is 23.8 Å². The van der Waals surface area contributed by atoms with Gasteiger partial charge in [0, 0.05) is 4.47 Å². The Balaban J connectivity index is 3.06. The summed E-state index contributed by atoms with van der Waals surface area (Å²) in [6.45, 7) is 4.22. The maximum Gasteiger partial charge on any atom is 0.0997 e. The second kappa shape index (κ2) is 4.97. The van der Waals surface area contributed by atoms with Crippen LogP contribution in [0, 0.1) is 17.2 Å². The Labute approximate surface area is 93.2 Å². The van der Waals surface area contributed by atoms with E-state index in [1.165, 1.54) is 0 Å². The first kappa shape index (κ1) is 11.0. The molecule has 1 aromatic carbocycles. The van der Waals surface area contributed by atoms with Crippen molar-refractivity contribution in [3.05, 3.63) is 39.9 Å². The van der Waals surface area contributed by atoms with Crippen LogP contribution in [0.15, 0.2) is 28.7 Å². The van der Waals surface area contributed by atoms with Crippen molar-refractivity contribution < 1.29 is 0 Å². The first-order valence-electron chi connectivity index (χ1n) is 4.51. The van der Waals surface area contributed by atoms with Gasteiger partial charge in [0.2, 0.25) is 0 Å². The van der Waals surface area contributed by atoms with Crippen molar-refractivity contribution in [3.63, 3.8) is 0 Å². The summed E-state index contributed by atoms with van der Waals surface area (Å²) in [6, 6.07) is 7.83. The van der Waals surface area contributed by atoms with Crippen LogP contribution >= 0.6 is 15.9 Å². The Kier molecular flexibility index (Phi) is 3.91. The van der Waals surface area contributed by atoms with Crippen molar-refractivity contribution in [1.29, 1.82) is 5.26 Å². The fourth-order valence-electron chi connectivity index (χ4n) is 1.07. The van der Waals surface area contributed by atoms with Gasteiger partial charge in [0.05, 0.1) is 11.6 Å². The molecule has 0 aliphatic heterocycles. The molecule has 0 bridgehead atoms. The van der Waals surface area contributed by atoms with Gasteiger partial charge in [0.15, 0.2) is 0 Å². The van der Waals surface area contributed by atoms with Crippen LogP contribution in [0.3, 0.4) is 0 Å². The highest BCUT2D eigenvalue weighted by Crippen LogP contribution is 2.18. The molecular formula is C12H12BrN. The summed E-state index contributed by atoms with van der Waals surface area (Å²) in [5.74, 6) is 0.500. The smallest absolute Gasteiger partial charge is 0.0997 e. The number of nitriles is 1. The molecule has 1 nitrogen and oxygen atoms in total. The summed E-state index contributed by atoms with van der Waals surface area (Å²) in [7, 11) is 0. The zero-order valence-corrected chi connectivity index (χ0v) is 9.88. The van der Waals surface area contributed by atoms with Gasteiger partial charge in [-0.25, -0.2) is 0 Å². The Hall–Kier alpha value is -1.07. The minimum absolute atomic E-state index is 0.500. The summed E-state index contributed by atoms with van der Waals surface area (Å²) in [6.07, 6.45) is 4.08. The van der Waals surface area contributed by atoms with E-state index >= 15 is 0 Å². The standard InChI is InChI=1S/C12H12BrN/c1-9(2)3-4-10-7-12(13)6-5-11(10)8-14/h3-7,9H,1-2H3. The minimum Gasteiger partial charge on any atom is -0.192 e. The SMILES string of the molecule is CC(C)C=Cc1cc(Br)ccc1C#N. The molecular weight excluding hydrogens is 238 g/mol. The summed E-state index contributed by atoms with van der Waals surface area (Å²) < 4.78 is 1.000. The Morgan fingerprint density at radius 2 is 2.14 bits per heavy atom. The number of rotatable bonds is 2. The molecule has 0 aromatic heterocycles. The van der Waals surface area contributed by atoms with E-state index in [2.05, 4.69) is 41.9 Å². The Bertz CT molecular complexity index is 386. The van der Waals surface area contributed by atoms with Gasteiger partial charge >= 0.3 is 0 Å². The first-order chi connectivity index (χ1) is 6.63. The minimum atomic E-state index is 0.500. The lowest BCUT2D eigenvalue weighted by Crippen LogP contribution is -1.83. The second-order valence-electron chi connectivity index (χ2n) is 3.45. The Morgan fingerprint density at radius 3 is 2.71 bits per heavy atom. The van der Waals surface area contributed by atoms with E-state index in [4.69, 9.17) is 5.26 Å². The molecule has 1 aromatic rings. The average Bonchev–Trinajstić information content (AvgIpc) is 2.15. The number of allylic oxidation sites excluding steroid dienone is 1. The average molecular weight is 250 g/mol. The van der Waals surface area contributed by atoms with Gasteiger partial charge in [-0.1, -0.05) is 41.9 Å². The van der Waals surface area contributed by atoms with E-state index in [0.717, 1.165) is 10.0 Å². The third kappa shape index (κ3) is 3.01. The predicted molar refractivity (Wildman–Crippen MR) is 62.7 cm³/mol. The molecule has 0 atom stereocenters. The van der Waals surface area contributed by atoms with Crippen molar-refractivity contribution in [2.45, 2.75) is 13.8 Å². The quantitative estimate of drug-likeness (QED) is 0.778. The molecule has 0 unspecified atom stereocenters. The molecule has 0 saturated carbocycles. The highest BCUT2D eigenvalue weighted by Gasteiger charge is 1.98. The van der Waals surface area contributed by atoms with Crippen LogP contribution in [0.4, 0.5) is 0 Å².